The standard InChI is InChI=1S/C42H76O6S/c1-4-6-8-10-12-14-16-18-20-22-24-26-28-30-36-46-37-40(38-47-49(44,45)41-34-32-39(3)33-35-41)48-42(43)31-29-27-25-23-21-19-17-15-13-11-9-7-5-2/h32-35,40H,4-31,36-38H2,1-3H3/t40-/m1/s1. The normalized spacial score (nSPS) is 12.4. The van der Waals surface area contributed by atoms with Crippen molar-refractivity contribution >= 4 is 16.1 Å². The van der Waals surface area contributed by atoms with E-state index in [-0.39, 0.29) is 24.1 Å². The van der Waals surface area contributed by atoms with Gasteiger partial charge in [0, 0.05) is 13.0 Å². The molecule has 0 bridgehead atoms. The fourth-order valence-corrected chi connectivity index (χ4v) is 7.14. The maximum Gasteiger partial charge on any atom is 0.306 e. The zero-order chi connectivity index (χ0) is 35.7. The van der Waals surface area contributed by atoms with Crippen molar-refractivity contribution in [3.8, 4) is 0 Å². The summed E-state index contributed by atoms with van der Waals surface area (Å²) in [5.41, 5.74) is 0.968. The molecule has 0 spiro atoms. The Labute approximate surface area is 303 Å². The molecule has 286 valence electrons. The minimum absolute atomic E-state index is 0.0958. The summed E-state index contributed by atoms with van der Waals surface area (Å²) in [6.45, 7) is 6.88. The lowest BCUT2D eigenvalue weighted by atomic mass is 10.0. The number of aryl methyl sites for hydroxylation is 1. The van der Waals surface area contributed by atoms with Crippen LogP contribution < -0.4 is 0 Å². The van der Waals surface area contributed by atoms with E-state index in [2.05, 4.69) is 13.8 Å². The number of ether oxygens (including phenoxy) is 2. The summed E-state index contributed by atoms with van der Waals surface area (Å²) in [5.74, 6) is -0.315. The van der Waals surface area contributed by atoms with Crippen molar-refractivity contribution in [1.29, 1.82) is 0 Å². The van der Waals surface area contributed by atoms with Crippen LogP contribution in [0, 0.1) is 6.92 Å². The summed E-state index contributed by atoms with van der Waals surface area (Å²) >= 11 is 0. The minimum Gasteiger partial charge on any atom is -0.457 e. The Morgan fingerprint density at radius 3 is 1.37 bits per heavy atom. The minimum atomic E-state index is -3.96. The van der Waals surface area contributed by atoms with Crippen molar-refractivity contribution in [3.05, 3.63) is 29.8 Å². The van der Waals surface area contributed by atoms with Gasteiger partial charge in [-0.25, -0.2) is 0 Å². The van der Waals surface area contributed by atoms with Crippen LogP contribution in [0.1, 0.15) is 199 Å². The van der Waals surface area contributed by atoms with Gasteiger partial charge >= 0.3 is 5.97 Å². The van der Waals surface area contributed by atoms with Gasteiger partial charge in [-0.2, -0.15) is 8.42 Å². The lowest BCUT2D eigenvalue weighted by molar-refractivity contribution is -0.154. The maximum atomic E-state index is 12.8. The van der Waals surface area contributed by atoms with E-state index in [1.165, 1.54) is 153 Å². The van der Waals surface area contributed by atoms with Crippen LogP contribution >= 0.6 is 0 Å². The fraction of sp³-hybridized carbons (Fsp3) is 0.833. The van der Waals surface area contributed by atoms with E-state index in [0.717, 1.165) is 37.7 Å². The van der Waals surface area contributed by atoms with E-state index in [9.17, 15) is 13.2 Å². The zero-order valence-corrected chi connectivity index (χ0v) is 33.0. The predicted octanol–water partition coefficient (Wildman–Crippen LogP) is 12.6. The summed E-state index contributed by atoms with van der Waals surface area (Å²) in [6, 6.07) is 6.55. The number of carbonyl (C=O) groups is 1. The van der Waals surface area contributed by atoms with Crippen LogP contribution in [0.5, 0.6) is 0 Å². The van der Waals surface area contributed by atoms with Crippen LogP contribution in [-0.4, -0.2) is 40.3 Å². The molecule has 0 radical (unpaired) electrons. The van der Waals surface area contributed by atoms with Crippen molar-refractivity contribution in [2.45, 2.75) is 212 Å². The maximum absolute atomic E-state index is 12.8. The zero-order valence-electron chi connectivity index (χ0n) is 32.2. The third-order valence-corrected chi connectivity index (χ3v) is 10.7. The average molecular weight is 709 g/mol. The average Bonchev–Trinajstić information content (AvgIpc) is 3.09. The first-order valence-electron chi connectivity index (χ1n) is 20.6. The second-order valence-electron chi connectivity index (χ2n) is 14.3. The second kappa shape index (κ2) is 32.5. The second-order valence-corrected chi connectivity index (χ2v) is 15.9. The molecule has 0 fully saturated rings. The van der Waals surface area contributed by atoms with Gasteiger partial charge < -0.3 is 9.47 Å². The number of hydrogen-bond donors (Lipinski definition) is 0. The number of benzene rings is 1. The van der Waals surface area contributed by atoms with Crippen LogP contribution in [0.25, 0.3) is 0 Å². The van der Waals surface area contributed by atoms with Crippen LogP contribution in [0.3, 0.4) is 0 Å². The Morgan fingerprint density at radius 2 is 0.939 bits per heavy atom. The van der Waals surface area contributed by atoms with E-state index in [0.29, 0.717) is 13.0 Å². The van der Waals surface area contributed by atoms with Gasteiger partial charge in [-0.05, 0) is 31.9 Å². The molecule has 0 aliphatic carbocycles. The molecular weight excluding hydrogens is 633 g/mol. The van der Waals surface area contributed by atoms with Gasteiger partial charge in [0.05, 0.1) is 11.5 Å². The molecule has 0 heterocycles. The summed E-state index contributed by atoms with van der Waals surface area (Å²) in [5, 5.41) is 0. The van der Waals surface area contributed by atoms with Crippen molar-refractivity contribution in [2.75, 3.05) is 19.8 Å². The molecule has 0 aliphatic heterocycles. The highest BCUT2D eigenvalue weighted by Gasteiger charge is 2.21. The molecule has 0 unspecified atom stereocenters. The van der Waals surface area contributed by atoms with Gasteiger partial charge in [0.2, 0.25) is 0 Å². The van der Waals surface area contributed by atoms with Gasteiger partial charge in [-0.3, -0.25) is 8.98 Å². The van der Waals surface area contributed by atoms with Crippen molar-refractivity contribution < 1.29 is 26.9 Å². The fourth-order valence-electron chi connectivity index (χ4n) is 6.20. The van der Waals surface area contributed by atoms with E-state index in [4.69, 9.17) is 13.7 Å². The van der Waals surface area contributed by atoms with E-state index in [1.54, 1.807) is 12.1 Å². The number of hydrogen-bond acceptors (Lipinski definition) is 6. The summed E-state index contributed by atoms with van der Waals surface area (Å²) in [4.78, 5) is 12.8. The van der Waals surface area contributed by atoms with Gasteiger partial charge in [-0.1, -0.05) is 192 Å². The molecule has 49 heavy (non-hydrogen) atoms. The topological polar surface area (TPSA) is 78.9 Å². The largest absolute Gasteiger partial charge is 0.457 e. The Morgan fingerprint density at radius 1 is 0.551 bits per heavy atom. The Hall–Kier alpha value is -1.44. The van der Waals surface area contributed by atoms with Crippen LogP contribution in [0.15, 0.2) is 29.2 Å². The third-order valence-electron chi connectivity index (χ3n) is 9.45. The molecule has 6 nitrogen and oxygen atoms in total. The van der Waals surface area contributed by atoms with Gasteiger partial charge in [0.15, 0.2) is 0 Å². The smallest absolute Gasteiger partial charge is 0.306 e. The Bertz CT molecular complexity index is 977. The first-order chi connectivity index (χ1) is 23.9. The van der Waals surface area contributed by atoms with Crippen molar-refractivity contribution in [3.63, 3.8) is 0 Å². The summed E-state index contributed by atoms with van der Waals surface area (Å²) < 4.78 is 42.4. The first-order valence-corrected chi connectivity index (χ1v) is 22.0. The third kappa shape index (κ3) is 27.9. The monoisotopic (exact) mass is 709 g/mol. The molecule has 0 amide bonds. The molecule has 0 saturated carbocycles. The number of carbonyl (C=O) groups excluding carboxylic acids is 1. The highest BCUT2D eigenvalue weighted by molar-refractivity contribution is 7.86. The molecular formula is C42H76O6S. The lowest BCUT2D eigenvalue weighted by Gasteiger charge is -2.18. The molecule has 1 aromatic carbocycles. The molecule has 7 heteroatoms. The predicted molar refractivity (Wildman–Crippen MR) is 206 cm³/mol. The van der Waals surface area contributed by atoms with Crippen LogP contribution in [-0.2, 0) is 28.6 Å². The summed E-state index contributed by atoms with van der Waals surface area (Å²) in [6.07, 6.45) is 34.0. The van der Waals surface area contributed by atoms with E-state index < -0.39 is 16.2 Å². The molecule has 0 aliphatic rings. The Kier molecular flexibility index (Phi) is 30.2. The molecule has 1 aromatic rings. The molecule has 1 atom stereocenters. The van der Waals surface area contributed by atoms with Gasteiger partial charge in [0.1, 0.15) is 12.7 Å². The van der Waals surface area contributed by atoms with Gasteiger partial charge in [-0.15, -0.1) is 0 Å². The lowest BCUT2D eigenvalue weighted by Crippen LogP contribution is -2.30. The number of unbranched alkanes of at least 4 members (excludes halogenated alkanes) is 25. The summed E-state index contributed by atoms with van der Waals surface area (Å²) in [7, 11) is -3.96. The van der Waals surface area contributed by atoms with E-state index in [1.807, 2.05) is 6.92 Å². The Balaban J connectivity index is 2.26. The first kappa shape index (κ1) is 45.6. The highest BCUT2D eigenvalue weighted by Crippen LogP contribution is 2.17. The number of rotatable bonds is 36. The van der Waals surface area contributed by atoms with E-state index >= 15 is 0 Å². The van der Waals surface area contributed by atoms with Gasteiger partial charge in [0.25, 0.3) is 10.1 Å². The number of esters is 1. The van der Waals surface area contributed by atoms with Crippen molar-refractivity contribution in [2.24, 2.45) is 0 Å². The molecule has 1 rings (SSSR count). The quantitative estimate of drug-likeness (QED) is 0.0392. The van der Waals surface area contributed by atoms with Crippen LogP contribution in [0.4, 0.5) is 0 Å². The molecule has 0 N–H and O–H groups in total. The molecule has 0 aromatic heterocycles. The SMILES string of the molecule is CCCCCCCCCCCCCCCCOC[C@H](COS(=O)(=O)c1ccc(C)cc1)OC(=O)CCCCCCCCCCCCCCC. The highest BCUT2D eigenvalue weighted by atomic mass is 32.2. The van der Waals surface area contributed by atoms with Crippen molar-refractivity contribution in [1.82, 2.24) is 0 Å². The van der Waals surface area contributed by atoms with Crippen LogP contribution in [0.2, 0.25) is 0 Å². The molecule has 0 saturated heterocycles.